The first-order chi connectivity index (χ1) is 6.81. The van der Waals surface area contributed by atoms with Gasteiger partial charge in [-0.25, -0.2) is 4.79 Å². The van der Waals surface area contributed by atoms with E-state index in [0.717, 1.165) is 30.8 Å². The average Bonchev–Trinajstić information content (AvgIpc) is 2.21. The van der Waals surface area contributed by atoms with Crippen molar-refractivity contribution in [2.75, 3.05) is 24.7 Å². The molecular formula is C10H18O3S. The number of hydrogen-bond donors (Lipinski definition) is 1. The van der Waals surface area contributed by atoms with Crippen molar-refractivity contribution in [2.24, 2.45) is 0 Å². The number of rotatable bonds is 9. The Kier molecular flexibility index (Phi) is 10.2. The Morgan fingerprint density at radius 3 is 2.71 bits per heavy atom. The van der Waals surface area contributed by atoms with Gasteiger partial charge >= 0.3 is 5.97 Å². The van der Waals surface area contributed by atoms with Gasteiger partial charge in [0.1, 0.15) is 0 Å². The lowest BCUT2D eigenvalue weighted by atomic mass is 10.4. The minimum atomic E-state index is -0.352. The quantitative estimate of drug-likeness (QED) is 0.363. The fraction of sp³-hybridized carbons (Fsp3) is 0.700. The fourth-order valence-electron chi connectivity index (χ4n) is 0.811. The van der Waals surface area contributed by atoms with Gasteiger partial charge in [-0.3, -0.25) is 0 Å². The summed E-state index contributed by atoms with van der Waals surface area (Å²) < 4.78 is 4.81. The molecule has 0 aromatic carbocycles. The van der Waals surface area contributed by atoms with E-state index < -0.39 is 0 Å². The Morgan fingerprint density at radius 2 is 2.07 bits per heavy atom. The number of esters is 1. The molecule has 0 radical (unpaired) electrons. The summed E-state index contributed by atoms with van der Waals surface area (Å²) in [5, 5.41) is 8.52. The van der Waals surface area contributed by atoms with Crippen molar-refractivity contribution in [1.29, 1.82) is 0 Å². The van der Waals surface area contributed by atoms with E-state index in [-0.39, 0.29) is 12.6 Å². The van der Waals surface area contributed by atoms with Gasteiger partial charge in [0.2, 0.25) is 0 Å². The second-order valence-corrected chi connectivity index (χ2v) is 3.99. The number of thioether (sulfide) groups is 1. The van der Waals surface area contributed by atoms with Gasteiger partial charge in [0.15, 0.2) is 0 Å². The maximum atomic E-state index is 10.6. The Hall–Kier alpha value is -0.480. The summed E-state index contributed by atoms with van der Waals surface area (Å²) in [5.41, 5.74) is 0. The van der Waals surface area contributed by atoms with Gasteiger partial charge in [0.05, 0.1) is 6.61 Å². The Balaban J connectivity index is 2.99. The van der Waals surface area contributed by atoms with Crippen LogP contribution in [0.3, 0.4) is 0 Å². The average molecular weight is 218 g/mol. The van der Waals surface area contributed by atoms with Gasteiger partial charge in [-0.1, -0.05) is 6.58 Å². The SMILES string of the molecule is C=CC(=O)OCCCSCCCCO. The van der Waals surface area contributed by atoms with Crippen molar-refractivity contribution in [3.05, 3.63) is 12.7 Å². The molecule has 14 heavy (non-hydrogen) atoms. The zero-order valence-corrected chi connectivity index (χ0v) is 9.22. The number of aliphatic hydroxyl groups is 1. The molecule has 0 atom stereocenters. The summed E-state index contributed by atoms with van der Waals surface area (Å²) in [6.07, 6.45) is 3.98. The summed E-state index contributed by atoms with van der Waals surface area (Å²) in [4.78, 5) is 10.6. The van der Waals surface area contributed by atoms with E-state index in [1.54, 1.807) is 0 Å². The van der Waals surface area contributed by atoms with Crippen molar-refractivity contribution >= 4 is 17.7 Å². The summed E-state index contributed by atoms with van der Waals surface area (Å²) in [6.45, 7) is 4.05. The molecule has 0 bridgehead atoms. The molecular weight excluding hydrogens is 200 g/mol. The van der Waals surface area contributed by atoms with Crippen LogP contribution in [-0.2, 0) is 9.53 Å². The van der Waals surface area contributed by atoms with E-state index >= 15 is 0 Å². The van der Waals surface area contributed by atoms with Crippen LogP contribution in [0.2, 0.25) is 0 Å². The first kappa shape index (κ1) is 13.5. The summed E-state index contributed by atoms with van der Waals surface area (Å²) >= 11 is 1.82. The first-order valence-electron chi connectivity index (χ1n) is 4.79. The van der Waals surface area contributed by atoms with Crippen LogP contribution in [0, 0.1) is 0 Å². The smallest absolute Gasteiger partial charge is 0.330 e. The minimum Gasteiger partial charge on any atom is -0.463 e. The monoisotopic (exact) mass is 218 g/mol. The van der Waals surface area contributed by atoms with E-state index in [9.17, 15) is 4.79 Å². The van der Waals surface area contributed by atoms with Crippen molar-refractivity contribution in [3.8, 4) is 0 Å². The Morgan fingerprint density at radius 1 is 1.36 bits per heavy atom. The normalized spacial score (nSPS) is 9.79. The molecule has 0 aromatic heterocycles. The van der Waals surface area contributed by atoms with E-state index in [4.69, 9.17) is 9.84 Å². The summed E-state index contributed by atoms with van der Waals surface area (Å²) in [6, 6.07) is 0. The lowest BCUT2D eigenvalue weighted by Crippen LogP contribution is -2.02. The van der Waals surface area contributed by atoms with Crippen LogP contribution < -0.4 is 0 Å². The number of carbonyl (C=O) groups excluding carboxylic acids is 1. The van der Waals surface area contributed by atoms with Crippen molar-refractivity contribution in [2.45, 2.75) is 19.3 Å². The van der Waals surface area contributed by atoms with Gasteiger partial charge in [-0.2, -0.15) is 11.8 Å². The van der Waals surface area contributed by atoms with E-state index in [1.807, 2.05) is 11.8 Å². The first-order valence-corrected chi connectivity index (χ1v) is 5.94. The highest BCUT2D eigenvalue weighted by Crippen LogP contribution is 2.06. The van der Waals surface area contributed by atoms with Gasteiger partial charge in [-0.05, 0) is 30.8 Å². The number of carbonyl (C=O) groups is 1. The second-order valence-electron chi connectivity index (χ2n) is 2.77. The molecule has 0 aliphatic rings. The summed E-state index contributed by atoms with van der Waals surface area (Å²) in [5.74, 6) is 1.71. The Bertz CT molecular complexity index is 159. The maximum Gasteiger partial charge on any atom is 0.330 e. The fourth-order valence-corrected chi connectivity index (χ4v) is 1.75. The molecule has 0 saturated carbocycles. The van der Waals surface area contributed by atoms with Crippen LogP contribution in [-0.4, -0.2) is 35.8 Å². The lowest BCUT2D eigenvalue weighted by molar-refractivity contribution is -0.137. The van der Waals surface area contributed by atoms with Gasteiger partial charge < -0.3 is 9.84 Å². The highest BCUT2D eigenvalue weighted by molar-refractivity contribution is 7.99. The predicted octanol–water partition coefficient (Wildman–Crippen LogP) is 1.61. The van der Waals surface area contributed by atoms with Crippen LogP contribution in [0.5, 0.6) is 0 Å². The molecule has 0 aliphatic carbocycles. The molecule has 82 valence electrons. The molecule has 0 aliphatic heterocycles. The number of unbranched alkanes of at least 4 members (excludes halogenated alkanes) is 1. The molecule has 0 amide bonds. The van der Waals surface area contributed by atoms with Crippen LogP contribution in [0.15, 0.2) is 12.7 Å². The lowest BCUT2D eigenvalue weighted by Gasteiger charge is -2.01. The van der Waals surface area contributed by atoms with Crippen LogP contribution in [0.25, 0.3) is 0 Å². The van der Waals surface area contributed by atoms with Crippen LogP contribution >= 0.6 is 11.8 Å². The molecule has 3 nitrogen and oxygen atoms in total. The van der Waals surface area contributed by atoms with Crippen molar-refractivity contribution in [1.82, 2.24) is 0 Å². The molecule has 0 rings (SSSR count). The predicted molar refractivity (Wildman–Crippen MR) is 59.4 cm³/mol. The highest BCUT2D eigenvalue weighted by Gasteiger charge is 1.95. The third-order valence-corrected chi connectivity index (χ3v) is 2.70. The minimum absolute atomic E-state index is 0.275. The molecule has 0 aromatic rings. The molecule has 4 heteroatoms. The zero-order valence-electron chi connectivity index (χ0n) is 8.41. The van der Waals surface area contributed by atoms with Crippen LogP contribution in [0.1, 0.15) is 19.3 Å². The topological polar surface area (TPSA) is 46.5 Å². The molecule has 0 heterocycles. The van der Waals surface area contributed by atoms with Gasteiger partial charge in [0.25, 0.3) is 0 Å². The third kappa shape index (κ3) is 9.61. The number of hydrogen-bond acceptors (Lipinski definition) is 4. The second kappa shape index (κ2) is 10.6. The van der Waals surface area contributed by atoms with E-state index in [2.05, 4.69) is 6.58 Å². The third-order valence-electron chi connectivity index (χ3n) is 1.54. The molecule has 0 fully saturated rings. The largest absolute Gasteiger partial charge is 0.463 e. The van der Waals surface area contributed by atoms with Crippen molar-refractivity contribution in [3.63, 3.8) is 0 Å². The van der Waals surface area contributed by atoms with Gasteiger partial charge in [-0.15, -0.1) is 0 Å². The van der Waals surface area contributed by atoms with Crippen LogP contribution in [0.4, 0.5) is 0 Å². The standard InChI is InChI=1S/C10H18O3S/c1-2-10(12)13-7-5-9-14-8-4-3-6-11/h2,11H,1,3-9H2. The molecule has 1 N–H and O–H groups in total. The number of ether oxygens (including phenoxy) is 1. The van der Waals surface area contributed by atoms with Crippen molar-refractivity contribution < 1.29 is 14.6 Å². The summed E-state index contributed by atoms with van der Waals surface area (Å²) in [7, 11) is 0. The zero-order chi connectivity index (χ0) is 10.6. The van der Waals surface area contributed by atoms with E-state index in [0.29, 0.717) is 6.61 Å². The maximum absolute atomic E-state index is 10.6. The molecule has 0 unspecified atom stereocenters. The van der Waals surface area contributed by atoms with E-state index in [1.165, 1.54) is 6.08 Å². The highest BCUT2D eigenvalue weighted by atomic mass is 32.2. The molecule has 0 spiro atoms. The number of aliphatic hydroxyl groups excluding tert-OH is 1. The molecule has 0 saturated heterocycles. The Labute approximate surface area is 89.5 Å². The van der Waals surface area contributed by atoms with Gasteiger partial charge in [0, 0.05) is 12.7 Å².